The first-order valence-electron chi connectivity index (χ1n) is 25.0. The van der Waals surface area contributed by atoms with Crippen LogP contribution in [0, 0.1) is 0 Å². The average molecular weight is 811 g/mol. The third-order valence-corrected chi connectivity index (χ3v) is 11.6. The minimum absolute atomic E-state index is 0.00154. The van der Waals surface area contributed by atoms with Gasteiger partial charge in [-0.3, -0.25) is 19.4 Å². The van der Waals surface area contributed by atoms with Crippen LogP contribution in [0.4, 0.5) is 0 Å². The Labute approximate surface area is 354 Å². The maximum atomic E-state index is 12.8. The highest BCUT2D eigenvalue weighted by molar-refractivity contribution is 5.69. The molecule has 340 valence electrons. The highest BCUT2D eigenvalue weighted by Crippen LogP contribution is 2.19. The van der Waals surface area contributed by atoms with Crippen LogP contribution in [0.5, 0.6) is 0 Å². The summed E-state index contributed by atoms with van der Waals surface area (Å²) in [7, 11) is 0. The second-order valence-corrected chi connectivity index (χ2v) is 17.1. The van der Waals surface area contributed by atoms with Gasteiger partial charge in [0.1, 0.15) is 6.10 Å². The van der Waals surface area contributed by atoms with Crippen molar-refractivity contribution >= 4 is 11.9 Å². The van der Waals surface area contributed by atoms with Crippen LogP contribution in [0.15, 0.2) is 0 Å². The molecule has 0 aliphatic heterocycles. The first-order valence-corrected chi connectivity index (χ1v) is 25.0. The van der Waals surface area contributed by atoms with Gasteiger partial charge in [-0.1, -0.05) is 168 Å². The molecule has 0 rings (SSSR count). The molecule has 0 aliphatic carbocycles. The predicted molar refractivity (Wildman–Crippen MR) is 242 cm³/mol. The van der Waals surface area contributed by atoms with Crippen molar-refractivity contribution in [2.45, 2.75) is 245 Å². The fourth-order valence-corrected chi connectivity index (χ4v) is 7.81. The molecule has 1 atom stereocenters. The van der Waals surface area contributed by atoms with Gasteiger partial charge in [0, 0.05) is 39.0 Å². The van der Waals surface area contributed by atoms with Crippen molar-refractivity contribution in [1.29, 1.82) is 0 Å². The Balaban J connectivity index is 4.17. The van der Waals surface area contributed by atoms with Crippen molar-refractivity contribution in [3.63, 3.8) is 0 Å². The van der Waals surface area contributed by atoms with Crippen LogP contribution >= 0.6 is 0 Å². The van der Waals surface area contributed by atoms with E-state index in [1.807, 2.05) is 0 Å². The van der Waals surface area contributed by atoms with Crippen molar-refractivity contribution in [2.75, 3.05) is 59.1 Å². The molecule has 0 aliphatic rings. The Morgan fingerprint density at radius 1 is 0.404 bits per heavy atom. The number of carbonyl (C=O) groups excluding carboxylic acids is 2. The number of carbonyl (C=O) groups is 2. The number of hydrogen-bond acceptors (Lipinski definition) is 8. The van der Waals surface area contributed by atoms with Crippen LogP contribution in [0.3, 0.4) is 0 Å². The smallest absolute Gasteiger partial charge is 0.306 e. The maximum Gasteiger partial charge on any atom is 0.306 e. The van der Waals surface area contributed by atoms with Gasteiger partial charge in [-0.15, -0.1) is 0 Å². The third-order valence-electron chi connectivity index (χ3n) is 11.6. The summed E-state index contributed by atoms with van der Waals surface area (Å²) in [5.41, 5.74) is 0. The molecule has 57 heavy (non-hydrogen) atoms. The molecule has 8 heteroatoms. The number of aliphatic hydroxyl groups excluding tert-OH is 2. The molecular formula is C49H98N2O6. The van der Waals surface area contributed by atoms with Crippen LogP contribution in [0.2, 0.25) is 0 Å². The lowest BCUT2D eigenvalue weighted by molar-refractivity contribution is -0.150. The summed E-state index contributed by atoms with van der Waals surface area (Å²) < 4.78 is 11.5. The number of unbranched alkanes of at least 4 members (excludes halogenated alkanes) is 25. The van der Waals surface area contributed by atoms with E-state index in [1.165, 1.54) is 116 Å². The molecule has 0 heterocycles. The molecule has 0 radical (unpaired) electrons. The lowest BCUT2D eigenvalue weighted by Gasteiger charge is -2.27. The van der Waals surface area contributed by atoms with Gasteiger partial charge in [-0.05, 0) is 70.9 Å². The van der Waals surface area contributed by atoms with Crippen molar-refractivity contribution in [1.82, 2.24) is 9.80 Å². The van der Waals surface area contributed by atoms with Crippen molar-refractivity contribution < 1.29 is 29.3 Å². The zero-order valence-corrected chi connectivity index (χ0v) is 38.4. The molecule has 0 fully saturated rings. The minimum atomic E-state index is -0.0455. The lowest BCUT2D eigenvalue weighted by Crippen LogP contribution is -2.38. The fraction of sp³-hybridized carbons (Fsp3) is 0.959. The van der Waals surface area contributed by atoms with Gasteiger partial charge in [0.05, 0.1) is 19.8 Å². The summed E-state index contributed by atoms with van der Waals surface area (Å²) in [5, 5.41) is 19.4. The van der Waals surface area contributed by atoms with Gasteiger partial charge in [-0.2, -0.15) is 0 Å². The summed E-state index contributed by atoms with van der Waals surface area (Å²) in [6.07, 6.45) is 39.1. The highest BCUT2D eigenvalue weighted by Gasteiger charge is 2.15. The van der Waals surface area contributed by atoms with Crippen LogP contribution in [0.25, 0.3) is 0 Å². The standard InChI is InChI=1S/C49H98N2O6/c1-4-7-10-13-16-21-28-35-47(34-27-20-15-12-9-6-3)57-49(55)37-30-23-19-25-32-39-51(43-45-53)41-40-50(42-44-52)38-31-24-18-22-29-36-48(54)56-46-33-26-17-14-11-8-5-2/h47,52-53H,4-46H2,1-3H3. The summed E-state index contributed by atoms with van der Waals surface area (Å²) >= 11 is 0. The van der Waals surface area contributed by atoms with Crippen LogP contribution in [0.1, 0.15) is 239 Å². The summed E-state index contributed by atoms with van der Waals surface area (Å²) in [4.78, 5) is 29.5. The van der Waals surface area contributed by atoms with Gasteiger partial charge in [0.2, 0.25) is 0 Å². The molecular weight excluding hydrogens is 713 g/mol. The topological polar surface area (TPSA) is 99.5 Å². The van der Waals surface area contributed by atoms with E-state index < -0.39 is 0 Å². The van der Waals surface area contributed by atoms with Gasteiger partial charge in [0.25, 0.3) is 0 Å². The Hall–Kier alpha value is -1.22. The number of aliphatic hydroxyl groups is 2. The lowest BCUT2D eigenvalue weighted by atomic mass is 10.0. The molecule has 0 amide bonds. The minimum Gasteiger partial charge on any atom is -0.466 e. The second-order valence-electron chi connectivity index (χ2n) is 17.1. The SMILES string of the molecule is CCCCCCCCCOC(=O)CCCCCCCN(CCO)CCN(CCO)CCCCCCCC(=O)OC(CCCCCCCC)CCCCCCCCC. The quantitative estimate of drug-likeness (QED) is 0.0463. The second kappa shape index (κ2) is 45.9. The van der Waals surface area contributed by atoms with Gasteiger partial charge < -0.3 is 19.7 Å². The number of esters is 2. The fourth-order valence-electron chi connectivity index (χ4n) is 7.81. The van der Waals surface area contributed by atoms with E-state index in [0.29, 0.717) is 32.5 Å². The monoisotopic (exact) mass is 811 g/mol. The van der Waals surface area contributed by atoms with E-state index in [4.69, 9.17) is 9.47 Å². The molecule has 1 unspecified atom stereocenters. The Morgan fingerprint density at radius 3 is 1.18 bits per heavy atom. The molecule has 0 bridgehead atoms. The van der Waals surface area contributed by atoms with Crippen molar-refractivity contribution in [3.05, 3.63) is 0 Å². The number of ether oxygens (including phenoxy) is 2. The summed E-state index contributed by atoms with van der Waals surface area (Å²) in [5.74, 6) is -0.0440. The first-order chi connectivity index (χ1) is 28.0. The molecule has 0 aromatic carbocycles. The average Bonchev–Trinajstić information content (AvgIpc) is 3.20. The summed E-state index contributed by atoms with van der Waals surface area (Å²) in [6, 6.07) is 0. The van der Waals surface area contributed by atoms with Crippen LogP contribution in [-0.4, -0.2) is 97.1 Å². The van der Waals surface area contributed by atoms with E-state index in [9.17, 15) is 19.8 Å². The van der Waals surface area contributed by atoms with Gasteiger partial charge >= 0.3 is 11.9 Å². The Morgan fingerprint density at radius 2 is 0.754 bits per heavy atom. The Kier molecular flexibility index (Phi) is 44.9. The number of nitrogens with zero attached hydrogens (tertiary/aromatic N) is 2. The van der Waals surface area contributed by atoms with Crippen molar-refractivity contribution in [2.24, 2.45) is 0 Å². The first kappa shape index (κ1) is 55.8. The third kappa shape index (κ3) is 41.3. The zero-order chi connectivity index (χ0) is 41.7. The van der Waals surface area contributed by atoms with Crippen LogP contribution < -0.4 is 0 Å². The zero-order valence-electron chi connectivity index (χ0n) is 38.4. The predicted octanol–water partition coefficient (Wildman–Crippen LogP) is 12.4. The molecule has 0 saturated carbocycles. The number of hydrogen-bond donors (Lipinski definition) is 2. The van der Waals surface area contributed by atoms with E-state index in [-0.39, 0.29) is 31.3 Å². The van der Waals surface area contributed by atoms with E-state index in [0.717, 1.165) is 116 Å². The highest BCUT2D eigenvalue weighted by atomic mass is 16.5. The van der Waals surface area contributed by atoms with Gasteiger partial charge in [-0.25, -0.2) is 0 Å². The Bertz CT molecular complexity index is 830. The van der Waals surface area contributed by atoms with E-state index >= 15 is 0 Å². The van der Waals surface area contributed by atoms with E-state index in [1.54, 1.807) is 0 Å². The van der Waals surface area contributed by atoms with Crippen LogP contribution in [-0.2, 0) is 19.1 Å². The van der Waals surface area contributed by atoms with Gasteiger partial charge in [0.15, 0.2) is 0 Å². The molecule has 0 spiro atoms. The molecule has 0 aromatic rings. The maximum absolute atomic E-state index is 12.8. The van der Waals surface area contributed by atoms with E-state index in [2.05, 4.69) is 30.6 Å². The summed E-state index contributed by atoms with van der Waals surface area (Å²) in [6.45, 7) is 12.7. The molecule has 8 nitrogen and oxygen atoms in total. The van der Waals surface area contributed by atoms with Crippen molar-refractivity contribution in [3.8, 4) is 0 Å². The largest absolute Gasteiger partial charge is 0.466 e. The molecule has 2 N–H and O–H groups in total. The number of rotatable bonds is 47. The molecule has 0 saturated heterocycles. The molecule has 0 aromatic heterocycles. The normalized spacial score (nSPS) is 12.2.